The Balaban J connectivity index is 1.66. The van der Waals surface area contributed by atoms with Crippen molar-refractivity contribution in [2.75, 3.05) is 0 Å². The van der Waals surface area contributed by atoms with Gasteiger partial charge in [0.15, 0.2) is 5.43 Å². The predicted octanol–water partition coefficient (Wildman–Crippen LogP) is 4.09. The van der Waals surface area contributed by atoms with Gasteiger partial charge in [0.25, 0.3) is 5.91 Å². The summed E-state index contributed by atoms with van der Waals surface area (Å²) in [5.74, 6) is 0.0534. The van der Waals surface area contributed by atoms with Gasteiger partial charge < -0.3 is 10.7 Å². The van der Waals surface area contributed by atoms with Crippen LogP contribution in [-0.2, 0) is 5.41 Å². The first-order valence-electron chi connectivity index (χ1n) is 9.53. The van der Waals surface area contributed by atoms with Crippen LogP contribution in [0.4, 0.5) is 0 Å². The average molecular weight is 394 g/mol. The highest BCUT2D eigenvalue weighted by molar-refractivity contribution is 6.32. The summed E-state index contributed by atoms with van der Waals surface area (Å²) in [5.41, 5.74) is 9.74. The lowest BCUT2D eigenvalue weighted by Crippen LogP contribution is -2.17. The van der Waals surface area contributed by atoms with Crippen molar-refractivity contribution in [1.82, 2.24) is 9.97 Å². The second-order valence-corrected chi connectivity index (χ2v) is 8.50. The maximum atomic E-state index is 12.7. The highest BCUT2D eigenvalue weighted by Crippen LogP contribution is 2.65. The minimum absolute atomic E-state index is 0.0180. The summed E-state index contributed by atoms with van der Waals surface area (Å²) in [7, 11) is 0. The van der Waals surface area contributed by atoms with E-state index in [1.54, 1.807) is 6.07 Å². The molecule has 5 nitrogen and oxygen atoms in total. The number of amides is 1. The fourth-order valence-electron chi connectivity index (χ4n) is 5.08. The number of benzene rings is 1. The van der Waals surface area contributed by atoms with Crippen LogP contribution in [0.15, 0.2) is 35.3 Å². The largest absolute Gasteiger partial charge is 0.364 e. The molecule has 6 heteroatoms. The van der Waals surface area contributed by atoms with E-state index < -0.39 is 5.91 Å². The van der Waals surface area contributed by atoms with E-state index in [-0.39, 0.29) is 21.9 Å². The zero-order valence-corrected chi connectivity index (χ0v) is 16.3. The molecule has 2 atom stereocenters. The van der Waals surface area contributed by atoms with E-state index >= 15 is 0 Å². The Morgan fingerprint density at radius 2 is 2.18 bits per heavy atom. The van der Waals surface area contributed by atoms with Crippen LogP contribution in [0.1, 0.15) is 47.3 Å². The molecule has 2 fully saturated rings. The molecule has 1 aromatic carbocycles. The van der Waals surface area contributed by atoms with Gasteiger partial charge in [-0.2, -0.15) is 0 Å². The number of nitrogens with one attached hydrogen (secondary N) is 1. The van der Waals surface area contributed by atoms with E-state index in [2.05, 4.69) is 16.0 Å². The molecule has 2 aliphatic rings. The second-order valence-electron chi connectivity index (χ2n) is 8.09. The normalized spacial score (nSPS) is 23.0. The van der Waals surface area contributed by atoms with Crippen molar-refractivity contribution in [2.24, 2.45) is 11.7 Å². The van der Waals surface area contributed by atoms with Crippen LogP contribution in [-0.4, -0.2) is 15.9 Å². The summed E-state index contributed by atoms with van der Waals surface area (Å²) in [6.45, 7) is 2.04. The van der Waals surface area contributed by atoms with Gasteiger partial charge in [0, 0.05) is 22.8 Å². The number of aromatic amines is 1. The molecule has 1 amide bonds. The molecule has 28 heavy (non-hydrogen) atoms. The molecule has 2 aliphatic carbocycles. The number of hydrogen-bond acceptors (Lipinski definition) is 3. The van der Waals surface area contributed by atoms with Gasteiger partial charge in [-0.3, -0.25) is 14.6 Å². The molecule has 2 heterocycles. The first-order valence-corrected chi connectivity index (χ1v) is 9.91. The molecule has 2 saturated carbocycles. The molecule has 2 aromatic heterocycles. The van der Waals surface area contributed by atoms with E-state index in [1.807, 2.05) is 13.0 Å². The lowest BCUT2D eigenvalue weighted by atomic mass is 9.89. The lowest BCUT2D eigenvalue weighted by molar-refractivity contribution is 0.0997. The first kappa shape index (κ1) is 17.4. The monoisotopic (exact) mass is 393 g/mol. The van der Waals surface area contributed by atoms with E-state index in [0.717, 1.165) is 22.1 Å². The number of primary amides is 1. The molecule has 0 saturated heterocycles. The number of aryl methyl sites for hydroxylation is 1. The van der Waals surface area contributed by atoms with Crippen molar-refractivity contribution in [1.29, 1.82) is 0 Å². The Bertz CT molecular complexity index is 1220. The minimum Gasteiger partial charge on any atom is -0.364 e. The molecular formula is C22H20ClN3O2. The molecular weight excluding hydrogens is 374 g/mol. The van der Waals surface area contributed by atoms with E-state index in [1.165, 1.54) is 43.5 Å². The summed E-state index contributed by atoms with van der Waals surface area (Å²) in [4.78, 5) is 31.5. The summed E-state index contributed by atoms with van der Waals surface area (Å²) in [5, 5.41) is 0.975. The Labute approximate surface area is 166 Å². The molecule has 3 N–H and O–H groups in total. The third kappa shape index (κ3) is 2.42. The van der Waals surface area contributed by atoms with Crippen LogP contribution >= 0.6 is 11.6 Å². The number of carbonyl (C=O) groups excluding carboxylic acids is 1. The number of hydrogen-bond donors (Lipinski definition) is 2. The predicted molar refractivity (Wildman–Crippen MR) is 110 cm³/mol. The van der Waals surface area contributed by atoms with Crippen LogP contribution in [0.5, 0.6) is 0 Å². The standard InChI is InChI=1S/C22H20ClN3O2/c1-11-7-14(22-5-2-3-12(22)10-22)15(23)8-13(11)17-9-18(27)19-16(26-17)4-6-25-20(19)21(24)28/h4,6-9,12H,2-3,5,10H2,1H3,(H2,24,28)(H,26,27)/t12-,22-/m0/s1. The van der Waals surface area contributed by atoms with Gasteiger partial charge in [0.1, 0.15) is 5.69 Å². The summed E-state index contributed by atoms with van der Waals surface area (Å²) in [6, 6.07) is 7.31. The number of halogens is 1. The number of fused-ring (bicyclic) bond motifs is 2. The molecule has 3 aromatic rings. The van der Waals surface area contributed by atoms with Crippen LogP contribution in [0, 0.1) is 12.8 Å². The Kier molecular flexibility index (Phi) is 3.68. The maximum absolute atomic E-state index is 12.7. The van der Waals surface area contributed by atoms with Crippen molar-refractivity contribution in [3.05, 3.63) is 62.5 Å². The van der Waals surface area contributed by atoms with Crippen molar-refractivity contribution in [3.8, 4) is 11.3 Å². The Morgan fingerprint density at radius 1 is 1.36 bits per heavy atom. The van der Waals surface area contributed by atoms with Crippen molar-refractivity contribution >= 4 is 28.4 Å². The number of aromatic nitrogens is 2. The average Bonchev–Trinajstić information content (AvgIpc) is 3.22. The number of H-pyrrole nitrogens is 1. The fraction of sp³-hybridized carbons (Fsp3) is 0.318. The van der Waals surface area contributed by atoms with Gasteiger partial charge in [0.05, 0.1) is 16.6 Å². The number of nitrogens with two attached hydrogens (primary N) is 1. The van der Waals surface area contributed by atoms with Crippen LogP contribution in [0.3, 0.4) is 0 Å². The number of rotatable bonds is 3. The molecule has 0 aliphatic heterocycles. The third-order valence-electron chi connectivity index (χ3n) is 6.52. The van der Waals surface area contributed by atoms with Crippen molar-refractivity contribution in [2.45, 2.75) is 38.0 Å². The van der Waals surface area contributed by atoms with Gasteiger partial charge in [-0.05, 0) is 60.8 Å². The van der Waals surface area contributed by atoms with Gasteiger partial charge in [-0.25, -0.2) is 0 Å². The quantitative estimate of drug-likeness (QED) is 0.702. The first-order chi connectivity index (χ1) is 13.4. The molecule has 142 valence electrons. The smallest absolute Gasteiger partial charge is 0.268 e. The fourth-order valence-corrected chi connectivity index (χ4v) is 5.43. The molecule has 0 bridgehead atoms. The SMILES string of the molecule is Cc1cc([C@]23CCC[C@H]2C3)c(Cl)cc1-c1cc(=O)c2c(C(N)=O)nccc2[nH]1. The number of carbonyl (C=O) groups is 1. The van der Waals surface area contributed by atoms with E-state index in [9.17, 15) is 9.59 Å². The third-order valence-corrected chi connectivity index (χ3v) is 6.84. The molecule has 0 radical (unpaired) electrons. The van der Waals surface area contributed by atoms with Crippen LogP contribution < -0.4 is 11.2 Å². The number of nitrogens with zero attached hydrogens (tertiary/aromatic N) is 1. The zero-order valence-electron chi connectivity index (χ0n) is 15.5. The van der Waals surface area contributed by atoms with Gasteiger partial charge in [0.2, 0.25) is 0 Å². The highest BCUT2D eigenvalue weighted by atomic mass is 35.5. The van der Waals surface area contributed by atoms with Crippen molar-refractivity contribution < 1.29 is 4.79 Å². The summed E-state index contributed by atoms with van der Waals surface area (Å²) < 4.78 is 0. The Hall–Kier alpha value is -2.66. The topological polar surface area (TPSA) is 88.8 Å². The second kappa shape index (κ2) is 5.92. The minimum atomic E-state index is -0.720. The van der Waals surface area contributed by atoms with Crippen LogP contribution in [0.25, 0.3) is 22.2 Å². The Morgan fingerprint density at radius 3 is 2.86 bits per heavy atom. The van der Waals surface area contributed by atoms with E-state index in [0.29, 0.717) is 11.2 Å². The van der Waals surface area contributed by atoms with Crippen molar-refractivity contribution in [3.63, 3.8) is 0 Å². The molecule has 5 rings (SSSR count). The summed E-state index contributed by atoms with van der Waals surface area (Å²) >= 11 is 6.71. The zero-order chi connectivity index (χ0) is 19.6. The number of pyridine rings is 2. The van der Waals surface area contributed by atoms with Crippen LogP contribution in [0.2, 0.25) is 5.02 Å². The van der Waals surface area contributed by atoms with Gasteiger partial charge in [-0.1, -0.05) is 24.1 Å². The van der Waals surface area contributed by atoms with E-state index in [4.69, 9.17) is 17.3 Å². The van der Waals surface area contributed by atoms with Gasteiger partial charge >= 0.3 is 0 Å². The molecule has 0 unspecified atom stereocenters. The summed E-state index contributed by atoms with van der Waals surface area (Å²) in [6.07, 6.45) is 6.49. The lowest BCUT2D eigenvalue weighted by Gasteiger charge is -2.18. The highest BCUT2D eigenvalue weighted by Gasteiger charge is 2.58. The maximum Gasteiger partial charge on any atom is 0.268 e. The molecule has 0 spiro atoms. The van der Waals surface area contributed by atoms with Gasteiger partial charge in [-0.15, -0.1) is 0 Å².